The summed E-state index contributed by atoms with van der Waals surface area (Å²) >= 11 is 1.52. The van der Waals surface area contributed by atoms with Crippen molar-refractivity contribution in [2.24, 2.45) is 0 Å². The lowest BCUT2D eigenvalue weighted by Crippen LogP contribution is -2.49. The summed E-state index contributed by atoms with van der Waals surface area (Å²) in [6, 6.07) is 5.76. The van der Waals surface area contributed by atoms with E-state index in [2.05, 4.69) is 10.0 Å². The van der Waals surface area contributed by atoms with Crippen molar-refractivity contribution in [3.05, 3.63) is 23.8 Å². The molecule has 0 atom stereocenters. The third kappa shape index (κ3) is 2.44. The summed E-state index contributed by atoms with van der Waals surface area (Å²) in [7, 11) is 0. The molecular formula is C14H18N2O2S. The van der Waals surface area contributed by atoms with E-state index < -0.39 is 0 Å². The number of ether oxygens (including phenoxy) is 1. The van der Waals surface area contributed by atoms with Crippen molar-refractivity contribution >= 4 is 23.4 Å². The fourth-order valence-corrected chi connectivity index (χ4v) is 3.20. The van der Waals surface area contributed by atoms with E-state index in [9.17, 15) is 4.79 Å². The maximum atomic E-state index is 12.4. The van der Waals surface area contributed by atoms with Crippen LogP contribution in [-0.4, -0.2) is 30.7 Å². The standard InChI is InChI=1S/C14H18N2O2S/c1-19-16-10-2-3-13-11(8-10)12(17)9-14(18-13)4-6-15-7-5-14/h2-3,8,15-16H,4-7,9H2,1H3. The van der Waals surface area contributed by atoms with E-state index in [4.69, 9.17) is 4.74 Å². The lowest BCUT2D eigenvalue weighted by Gasteiger charge is -2.40. The van der Waals surface area contributed by atoms with Gasteiger partial charge in [-0.3, -0.25) is 4.79 Å². The van der Waals surface area contributed by atoms with Gasteiger partial charge in [-0.2, -0.15) is 0 Å². The molecule has 1 fully saturated rings. The molecule has 3 rings (SSSR count). The Hall–Kier alpha value is -1.20. The summed E-state index contributed by atoms with van der Waals surface area (Å²) in [5, 5.41) is 3.32. The van der Waals surface area contributed by atoms with Gasteiger partial charge in [0.2, 0.25) is 0 Å². The summed E-state index contributed by atoms with van der Waals surface area (Å²) in [4.78, 5) is 12.4. The Bertz CT molecular complexity index is 498. The number of ketones is 1. The van der Waals surface area contributed by atoms with Crippen molar-refractivity contribution in [2.45, 2.75) is 24.9 Å². The molecule has 5 heteroatoms. The summed E-state index contributed by atoms with van der Waals surface area (Å²) in [5.74, 6) is 0.942. The highest BCUT2D eigenvalue weighted by Crippen LogP contribution is 2.39. The van der Waals surface area contributed by atoms with Crippen LogP contribution in [0.2, 0.25) is 0 Å². The molecule has 2 heterocycles. The van der Waals surface area contributed by atoms with Crippen LogP contribution in [0.15, 0.2) is 18.2 Å². The number of carbonyl (C=O) groups excluding carboxylic acids is 1. The third-order valence-corrected chi connectivity index (χ3v) is 4.26. The maximum absolute atomic E-state index is 12.4. The zero-order valence-electron chi connectivity index (χ0n) is 11.0. The van der Waals surface area contributed by atoms with E-state index in [0.29, 0.717) is 12.0 Å². The number of hydrogen-bond acceptors (Lipinski definition) is 5. The summed E-state index contributed by atoms with van der Waals surface area (Å²) < 4.78 is 9.32. The first-order valence-corrected chi connectivity index (χ1v) is 7.81. The fraction of sp³-hybridized carbons (Fsp3) is 0.500. The highest BCUT2D eigenvalue weighted by atomic mass is 32.2. The maximum Gasteiger partial charge on any atom is 0.170 e. The number of benzene rings is 1. The van der Waals surface area contributed by atoms with Crippen LogP contribution in [0.1, 0.15) is 29.6 Å². The van der Waals surface area contributed by atoms with Crippen molar-refractivity contribution in [1.29, 1.82) is 0 Å². The van der Waals surface area contributed by atoms with Crippen molar-refractivity contribution in [3.8, 4) is 5.75 Å². The highest BCUT2D eigenvalue weighted by Gasteiger charge is 2.41. The normalized spacial score (nSPS) is 20.8. The Morgan fingerprint density at radius 2 is 2.16 bits per heavy atom. The third-order valence-electron chi connectivity index (χ3n) is 3.82. The second kappa shape index (κ2) is 5.06. The summed E-state index contributed by atoms with van der Waals surface area (Å²) in [6.07, 6.45) is 4.28. The second-order valence-corrected chi connectivity index (χ2v) is 5.76. The Labute approximate surface area is 117 Å². The van der Waals surface area contributed by atoms with Gasteiger partial charge in [0.1, 0.15) is 11.4 Å². The Morgan fingerprint density at radius 1 is 1.37 bits per heavy atom. The van der Waals surface area contributed by atoms with Gasteiger partial charge in [0.25, 0.3) is 0 Å². The largest absolute Gasteiger partial charge is 0.486 e. The molecule has 0 aliphatic carbocycles. The molecule has 102 valence electrons. The van der Waals surface area contributed by atoms with E-state index in [1.54, 1.807) is 0 Å². The molecule has 1 spiro atoms. The average molecular weight is 278 g/mol. The number of hydrogen-bond donors (Lipinski definition) is 2. The van der Waals surface area contributed by atoms with Gasteiger partial charge in [0.05, 0.1) is 12.0 Å². The van der Waals surface area contributed by atoms with Crippen LogP contribution < -0.4 is 14.8 Å². The molecule has 0 radical (unpaired) electrons. The minimum absolute atomic E-state index is 0.202. The van der Waals surface area contributed by atoms with E-state index in [0.717, 1.165) is 37.4 Å². The number of piperidine rings is 1. The molecule has 0 saturated carbocycles. The van der Waals surface area contributed by atoms with E-state index >= 15 is 0 Å². The van der Waals surface area contributed by atoms with Gasteiger partial charge < -0.3 is 14.8 Å². The number of carbonyl (C=O) groups is 1. The molecule has 1 aromatic rings. The number of rotatable bonds is 2. The smallest absolute Gasteiger partial charge is 0.170 e. The van der Waals surface area contributed by atoms with Crippen LogP contribution in [0, 0.1) is 0 Å². The molecule has 1 aromatic carbocycles. The van der Waals surface area contributed by atoms with Crippen LogP contribution in [0.5, 0.6) is 5.75 Å². The molecule has 19 heavy (non-hydrogen) atoms. The van der Waals surface area contributed by atoms with E-state index in [1.807, 2.05) is 24.5 Å². The molecule has 2 aliphatic rings. The fourth-order valence-electron chi connectivity index (χ4n) is 2.84. The zero-order valence-corrected chi connectivity index (χ0v) is 11.8. The van der Waals surface area contributed by atoms with Gasteiger partial charge in [-0.1, -0.05) is 11.9 Å². The SMILES string of the molecule is CSNc1ccc2c(c1)C(=O)CC1(CCNCC1)O2. The minimum Gasteiger partial charge on any atom is -0.486 e. The minimum atomic E-state index is -0.274. The van der Waals surface area contributed by atoms with Gasteiger partial charge in [-0.05, 0) is 31.3 Å². The predicted molar refractivity (Wildman–Crippen MR) is 78.0 cm³/mol. The summed E-state index contributed by atoms with van der Waals surface area (Å²) in [6.45, 7) is 1.85. The molecule has 0 unspecified atom stereocenters. The molecule has 2 N–H and O–H groups in total. The molecule has 0 bridgehead atoms. The molecule has 1 saturated heterocycles. The zero-order chi connectivity index (χ0) is 13.3. The quantitative estimate of drug-likeness (QED) is 0.814. The van der Waals surface area contributed by atoms with Crippen molar-refractivity contribution < 1.29 is 9.53 Å². The van der Waals surface area contributed by atoms with Crippen molar-refractivity contribution in [3.63, 3.8) is 0 Å². The summed E-state index contributed by atoms with van der Waals surface area (Å²) in [5.41, 5.74) is 1.39. The van der Waals surface area contributed by atoms with Gasteiger partial charge in [0, 0.05) is 24.8 Å². The van der Waals surface area contributed by atoms with Gasteiger partial charge >= 0.3 is 0 Å². The van der Waals surface area contributed by atoms with Gasteiger partial charge in [-0.25, -0.2) is 0 Å². The highest BCUT2D eigenvalue weighted by molar-refractivity contribution is 7.99. The first kappa shape index (κ1) is 12.8. The predicted octanol–water partition coefficient (Wildman–Crippen LogP) is 2.46. The van der Waals surface area contributed by atoms with Crippen LogP contribution in [-0.2, 0) is 0 Å². The molecule has 0 amide bonds. The van der Waals surface area contributed by atoms with Crippen LogP contribution >= 0.6 is 11.9 Å². The van der Waals surface area contributed by atoms with Gasteiger partial charge in [-0.15, -0.1) is 0 Å². The molecular weight excluding hydrogens is 260 g/mol. The van der Waals surface area contributed by atoms with Crippen LogP contribution in [0.4, 0.5) is 5.69 Å². The Morgan fingerprint density at radius 3 is 2.89 bits per heavy atom. The lowest BCUT2D eigenvalue weighted by atomic mass is 9.83. The topological polar surface area (TPSA) is 50.4 Å². The van der Waals surface area contributed by atoms with Crippen LogP contribution in [0.25, 0.3) is 0 Å². The van der Waals surface area contributed by atoms with Crippen molar-refractivity contribution in [1.82, 2.24) is 5.32 Å². The van der Waals surface area contributed by atoms with E-state index in [1.165, 1.54) is 11.9 Å². The number of Topliss-reactive ketones (excluding diaryl/α,β-unsaturated/α-hetero) is 1. The first-order valence-electron chi connectivity index (χ1n) is 6.58. The Kier molecular flexibility index (Phi) is 3.41. The molecule has 0 aromatic heterocycles. The molecule has 4 nitrogen and oxygen atoms in total. The number of nitrogens with one attached hydrogen (secondary N) is 2. The van der Waals surface area contributed by atoms with Crippen molar-refractivity contribution in [2.75, 3.05) is 24.1 Å². The van der Waals surface area contributed by atoms with Gasteiger partial charge in [0.15, 0.2) is 5.78 Å². The number of anilines is 1. The van der Waals surface area contributed by atoms with E-state index in [-0.39, 0.29) is 11.4 Å². The monoisotopic (exact) mass is 278 g/mol. The number of fused-ring (bicyclic) bond motifs is 1. The lowest BCUT2D eigenvalue weighted by molar-refractivity contribution is 0.0188. The average Bonchev–Trinajstić information content (AvgIpc) is 2.41. The first-order chi connectivity index (χ1) is 9.22. The van der Waals surface area contributed by atoms with Crippen LogP contribution in [0.3, 0.4) is 0 Å². The Balaban J connectivity index is 1.90. The molecule has 2 aliphatic heterocycles. The second-order valence-electron chi connectivity index (χ2n) is 5.15.